The molecule has 0 amide bonds. The van der Waals surface area contributed by atoms with E-state index in [1.165, 1.54) is 6.07 Å². The van der Waals surface area contributed by atoms with Crippen LogP contribution in [-0.2, 0) is 6.54 Å². The van der Waals surface area contributed by atoms with Crippen molar-refractivity contribution in [3.63, 3.8) is 0 Å². The van der Waals surface area contributed by atoms with Crippen molar-refractivity contribution < 1.29 is 4.39 Å². The Balaban J connectivity index is 2.14. The number of rotatable bonds is 3. The quantitative estimate of drug-likeness (QED) is 0.828. The Morgan fingerprint density at radius 1 is 1.26 bits per heavy atom. The molecule has 0 atom stereocenters. The standard InChI is InChI=1S/C15H14FN3/c1-10-6-12(2-4-13(10)16)9-19-15-7-11(8-17)3-5-14(15)18/h2-7,19H,9,18H2,1H3. The zero-order chi connectivity index (χ0) is 13.8. The zero-order valence-corrected chi connectivity index (χ0v) is 10.6. The Morgan fingerprint density at radius 3 is 2.74 bits per heavy atom. The number of nitrogens with zero attached hydrogens (tertiary/aromatic N) is 1. The van der Waals surface area contributed by atoms with Crippen LogP contribution in [0.2, 0.25) is 0 Å². The van der Waals surface area contributed by atoms with E-state index < -0.39 is 0 Å². The molecule has 0 radical (unpaired) electrons. The molecule has 0 bridgehead atoms. The average molecular weight is 255 g/mol. The van der Waals surface area contributed by atoms with Crippen LogP contribution in [0.5, 0.6) is 0 Å². The molecule has 0 saturated carbocycles. The lowest BCUT2D eigenvalue weighted by Gasteiger charge is -2.10. The Hall–Kier alpha value is -2.54. The van der Waals surface area contributed by atoms with Crippen LogP contribution in [-0.4, -0.2) is 0 Å². The van der Waals surface area contributed by atoms with Crippen molar-refractivity contribution in [3.8, 4) is 6.07 Å². The van der Waals surface area contributed by atoms with E-state index in [0.717, 1.165) is 5.56 Å². The molecule has 0 unspecified atom stereocenters. The van der Waals surface area contributed by atoms with Gasteiger partial charge in [-0.15, -0.1) is 0 Å². The fourth-order valence-corrected chi connectivity index (χ4v) is 1.79. The number of nitrogens with one attached hydrogen (secondary N) is 1. The van der Waals surface area contributed by atoms with Gasteiger partial charge < -0.3 is 11.1 Å². The maximum atomic E-state index is 13.1. The normalized spacial score (nSPS) is 9.95. The molecule has 2 aromatic rings. The summed E-state index contributed by atoms with van der Waals surface area (Å²) in [6.07, 6.45) is 0. The van der Waals surface area contributed by atoms with E-state index in [1.807, 2.05) is 0 Å². The van der Waals surface area contributed by atoms with E-state index in [9.17, 15) is 4.39 Å². The topological polar surface area (TPSA) is 61.8 Å². The molecule has 0 fully saturated rings. The minimum absolute atomic E-state index is 0.213. The Morgan fingerprint density at radius 2 is 2.05 bits per heavy atom. The van der Waals surface area contributed by atoms with Gasteiger partial charge in [0.05, 0.1) is 23.0 Å². The van der Waals surface area contributed by atoms with Gasteiger partial charge in [0.1, 0.15) is 5.82 Å². The van der Waals surface area contributed by atoms with Crippen LogP contribution < -0.4 is 11.1 Å². The highest BCUT2D eigenvalue weighted by Gasteiger charge is 2.02. The average Bonchev–Trinajstić information content (AvgIpc) is 2.41. The van der Waals surface area contributed by atoms with Crippen molar-refractivity contribution in [1.29, 1.82) is 5.26 Å². The van der Waals surface area contributed by atoms with E-state index in [4.69, 9.17) is 11.0 Å². The van der Waals surface area contributed by atoms with Crippen molar-refractivity contribution in [1.82, 2.24) is 0 Å². The molecule has 0 aliphatic heterocycles. The Bertz CT molecular complexity index is 644. The van der Waals surface area contributed by atoms with E-state index in [2.05, 4.69) is 11.4 Å². The van der Waals surface area contributed by atoms with Gasteiger partial charge in [-0.25, -0.2) is 4.39 Å². The Kier molecular flexibility index (Phi) is 3.67. The summed E-state index contributed by atoms with van der Waals surface area (Å²) in [5.41, 5.74) is 9.24. The van der Waals surface area contributed by atoms with Crippen molar-refractivity contribution in [2.75, 3.05) is 11.1 Å². The second-order valence-corrected chi connectivity index (χ2v) is 4.35. The molecule has 2 rings (SSSR count). The highest BCUT2D eigenvalue weighted by atomic mass is 19.1. The van der Waals surface area contributed by atoms with E-state index in [-0.39, 0.29) is 5.82 Å². The number of hydrogen-bond acceptors (Lipinski definition) is 3. The summed E-state index contributed by atoms with van der Waals surface area (Å²) in [5, 5.41) is 12.0. The van der Waals surface area contributed by atoms with Gasteiger partial charge in [-0.05, 0) is 42.3 Å². The fourth-order valence-electron chi connectivity index (χ4n) is 1.79. The van der Waals surface area contributed by atoms with Gasteiger partial charge in [-0.3, -0.25) is 0 Å². The third kappa shape index (κ3) is 3.02. The van der Waals surface area contributed by atoms with Crippen LogP contribution in [0.4, 0.5) is 15.8 Å². The first-order valence-electron chi connectivity index (χ1n) is 5.88. The molecule has 0 aliphatic rings. The minimum atomic E-state index is -0.213. The van der Waals surface area contributed by atoms with Gasteiger partial charge in [0.15, 0.2) is 0 Å². The van der Waals surface area contributed by atoms with Crippen molar-refractivity contribution in [2.24, 2.45) is 0 Å². The highest BCUT2D eigenvalue weighted by Crippen LogP contribution is 2.20. The number of nitrogen functional groups attached to an aromatic ring is 1. The monoisotopic (exact) mass is 255 g/mol. The molecular weight excluding hydrogens is 241 g/mol. The summed E-state index contributed by atoms with van der Waals surface area (Å²) in [5.74, 6) is -0.213. The highest BCUT2D eigenvalue weighted by molar-refractivity contribution is 5.68. The molecule has 0 spiro atoms. The third-order valence-electron chi connectivity index (χ3n) is 2.89. The molecule has 2 aromatic carbocycles. The smallest absolute Gasteiger partial charge is 0.126 e. The Labute approximate surface area is 111 Å². The van der Waals surface area contributed by atoms with Crippen molar-refractivity contribution in [3.05, 3.63) is 58.9 Å². The summed E-state index contributed by atoms with van der Waals surface area (Å²) < 4.78 is 13.1. The predicted octanol–water partition coefficient (Wildman–Crippen LogP) is 3.20. The van der Waals surface area contributed by atoms with Crippen molar-refractivity contribution >= 4 is 11.4 Å². The SMILES string of the molecule is Cc1cc(CNc2cc(C#N)ccc2N)ccc1F. The molecule has 0 saturated heterocycles. The molecular formula is C15H14FN3. The first-order valence-corrected chi connectivity index (χ1v) is 5.88. The van der Waals surface area contributed by atoms with E-state index >= 15 is 0 Å². The number of anilines is 2. The second kappa shape index (κ2) is 5.40. The number of nitriles is 1. The molecule has 0 aromatic heterocycles. The molecule has 3 N–H and O–H groups in total. The molecule has 4 heteroatoms. The van der Waals surface area contributed by atoms with E-state index in [1.54, 1.807) is 37.3 Å². The van der Waals surface area contributed by atoms with Gasteiger partial charge in [0.25, 0.3) is 0 Å². The van der Waals surface area contributed by atoms with Gasteiger partial charge in [-0.2, -0.15) is 5.26 Å². The maximum Gasteiger partial charge on any atom is 0.126 e. The van der Waals surface area contributed by atoms with Gasteiger partial charge >= 0.3 is 0 Å². The number of aryl methyl sites for hydroxylation is 1. The second-order valence-electron chi connectivity index (χ2n) is 4.35. The van der Waals surface area contributed by atoms with E-state index in [0.29, 0.717) is 29.0 Å². The van der Waals surface area contributed by atoms with Crippen LogP contribution in [0.15, 0.2) is 36.4 Å². The van der Waals surface area contributed by atoms with Gasteiger partial charge in [-0.1, -0.05) is 12.1 Å². The van der Waals surface area contributed by atoms with Crippen LogP contribution in [0, 0.1) is 24.1 Å². The summed E-state index contributed by atoms with van der Waals surface area (Å²) >= 11 is 0. The van der Waals surface area contributed by atoms with Crippen LogP contribution in [0.3, 0.4) is 0 Å². The number of benzene rings is 2. The first-order chi connectivity index (χ1) is 9.10. The third-order valence-corrected chi connectivity index (χ3v) is 2.89. The molecule has 96 valence electrons. The van der Waals surface area contributed by atoms with Crippen LogP contribution in [0.1, 0.15) is 16.7 Å². The summed E-state index contributed by atoms with van der Waals surface area (Å²) in [4.78, 5) is 0. The van der Waals surface area contributed by atoms with Crippen molar-refractivity contribution in [2.45, 2.75) is 13.5 Å². The predicted molar refractivity (Wildman–Crippen MR) is 74.0 cm³/mol. The van der Waals surface area contributed by atoms with Gasteiger partial charge in [0, 0.05) is 6.54 Å². The summed E-state index contributed by atoms with van der Waals surface area (Å²) in [7, 11) is 0. The molecule has 0 aliphatic carbocycles. The maximum absolute atomic E-state index is 13.1. The lowest BCUT2D eigenvalue weighted by Crippen LogP contribution is -2.03. The summed E-state index contributed by atoms with van der Waals surface area (Å²) in [6.45, 7) is 2.25. The van der Waals surface area contributed by atoms with Crippen LogP contribution in [0.25, 0.3) is 0 Å². The summed E-state index contributed by atoms with van der Waals surface area (Å²) in [6, 6.07) is 12.1. The lowest BCUT2D eigenvalue weighted by atomic mass is 10.1. The number of nitrogens with two attached hydrogens (primary N) is 1. The minimum Gasteiger partial charge on any atom is -0.397 e. The fraction of sp³-hybridized carbons (Fsp3) is 0.133. The van der Waals surface area contributed by atoms with Crippen LogP contribution >= 0.6 is 0 Å². The van der Waals surface area contributed by atoms with Gasteiger partial charge in [0.2, 0.25) is 0 Å². The molecule has 0 heterocycles. The lowest BCUT2D eigenvalue weighted by molar-refractivity contribution is 0.617. The molecule has 19 heavy (non-hydrogen) atoms. The number of halogens is 1. The number of hydrogen-bond donors (Lipinski definition) is 2. The largest absolute Gasteiger partial charge is 0.397 e. The molecule has 3 nitrogen and oxygen atoms in total. The first kappa shape index (κ1) is 12.9. The zero-order valence-electron chi connectivity index (χ0n) is 10.6.